The van der Waals surface area contributed by atoms with Gasteiger partial charge in [-0.1, -0.05) is 41.5 Å². The SMILES string of the molecule is CCC1(C)CC(OC(=O)CCCCC(=O)OC2CC(C)(CC)NC(C)(CC)C2C)C(C)C(C)(CC)N1. The lowest BCUT2D eigenvalue weighted by molar-refractivity contribution is -0.161. The minimum atomic E-state index is -0.150. The van der Waals surface area contributed by atoms with E-state index in [0.717, 1.165) is 38.5 Å². The van der Waals surface area contributed by atoms with Gasteiger partial charge < -0.3 is 20.1 Å². The van der Waals surface area contributed by atoms with Gasteiger partial charge in [-0.2, -0.15) is 0 Å². The predicted molar refractivity (Wildman–Crippen MR) is 147 cm³/mol. The maximum absolute atomic E-state index is 12.7. The van der Waals surface area contributed by atoms with Gasteiger partial charge in [-0.25, -0.2) is 0 Å². The Kier molecular flexibility index (Phi) is 10.5. The second-order valence-electron chi connectivity index (χ2n) is 12.9. The largest absolute Gasteiger partial charge is 0.462 e. The topological polar surface area (TPSA) is 76.7 Å². The normalized spacial score (nSPS) is 41.1. The van der Waals surface area contributed by atoms with Gasteiger partial charge in [-0.05, 0) is 66.2 Å². The molecule has 2 saturated heterocycles. The molecule has 0 spiro atoms. The van der Waals surface area contributed by atoms with E-state index in [1.165, 1.54) is 0 Å². The molecule has 2 aliphatic heterocycles. The molecule has 0 aliphatic carbocycles. The summed E-state index contributed by atoms with van der Waals surface area (Å²) in [7, 11) is 0. The standard InChI is InChI=1S/C30H56N2O4/c1-11-27(7)19-23(21(5)29(9,13-3)31-27)35-25(33)17-15-16-18-26(34)36-24-20-28(8,12-2)32-30(10,14-4)22(24)6/h21-24,31-32H,11-20H2,1-10H3. The first-order chi connectivity index (χ1) is 16.7. The highest BCUT2D eigenvalue weighted by molar-refractivity contribution is 5.71. The van der Waals surface area contributed by atoms with Gasteiger partial charge in [0.1, 0.15) is 12.2 Å². The van der Waals surface area contributed by atoms with Gasteiger partial charge in [0.15, 0.2) is 0 Å². The molecule has 0 saturated carbocycles. The van der Waals surface area contributed by atoms with E-state index < -0.39 is 0 Å². The molecule has 2 fully saturated rings. The first-order valence-electron chi connectivity index (χ1n) is 14.7. The van der Waals surface area contributed by atoms with Crippen LogP contribution in [0.1, 0.15) is 133 Å². The molecule has 0 aromatic heterocycles. The molecule has 36 heavy (non-hydrogen) atoms. The van der Waals surface area contributed by atoms with E-state index >= 15 is 0 Å². The van der Waals surface area contributed by atoms with E-state index in [0.29, 0.717) is 25.7 Å². The molecule has 210 valence electrons. The Morgan fingerprint density at radius 3 is 1.28 bits per heavy atom. The lowest BCUT2D eigenvalue weighted by Gasteiger charge is -2.53. The molecule has 2 N–H and O–H groups in total. The molecule has 6 nitrogen and oxygen atoms in total. The molecule has 8 atom stereocenters. The summed E-state index contributed by atoms with van der Waals surface area (Å²) in [5, 5.41) is 7.66. The minimum absolute atomic E-state index is 0.0283. The number of ether oxygens (including phenoxy) is 2. The molecule has 2 rings (SSSR count). The highest BCUT2D eigenvalue weighted by Gasteiger charge is 2.49. The van der Waals surface area contributed by atoms with Crippen LogP contribution in [-0.2, 0) is 19.1 Å². The highest BCUT2D eigenvalue weighted by atomic mass is 16.5. The van der Waals surface area contributed by atoms with Crippen LogP contribution in [0, 0.1) is 11.8 Å². The van der Waals surface area contributed by atoms with Crippen molar-refractivity contribution < 1.29 is 19.1 Å². The van der Waals surface area contributed by atoms with Crippen LogP contribution in [-0.4, -0.2) is 46.3 Å². The van der Waals surface area contributed by atoms with E-state index in [2.05, 4.69) is 79.9 Å². The van der Waals surface area contributed by atoms with Crippen molar-refractivity contribution in [2.24, 2.45) is 11.8 Å². The molecular formula is C30H56N2O4. The maximum atomic E-state index is 12.7. The quantitative estimate of drug-likeness (QED) is 0.252. The van der Waals surface area contributed by atoms with Crippen molar-refractivity contribution in [2.45, 2.75) is 168 Å². The van der Waals surface area contributed by atoms with Crippen LogP contribution in [0.3, 0.4) is 0 Å². The Balaban J connectivity index is 1.83. The number of hydrogen-bond acceptors (Lipinski definition) is 6. The summed E-state index contributed by atoms with van der Waals surface area (Å²) in [6, 6.07) is 0. The van der Waals surface area contributed by atoms with Gasteiger partial charge in [-0.15, -0.1) is 0 Å². The third-order valence-electron chi connectivity index (χ3n) is 10.2. The van der Waals surface area contributed by atoms with Crippen LogP contribution in [0.5, 0.6) is 0 Å². The van der Waals surface area contributed by atoms with Crippen LogP contribution >= 0.6 is 0 Å². The molecule has 0 bridgehead atoms. The van der Waals surface area contributed by atoms with Gasteiger partial charge >= 0.3 is 11.9 Å². The smallest absolute Gasteiger partial charge is 0.306 e. The van der Waals surface area contributed by atoms with E-state index in [-0.39, 0.29) is 58.1 Å². The zero-order valence-electron chi connectivity index (χ0n) is 25.0. The molecule has 6 heteroatoms. The number of hydrogen-bond donors (Lipinski definition) is 2. The van der Waals surface area contributed by atoms with Crippen LogP contribution in [0.4, 0.5) is 0 Å². The molecule has 0 radical (unpaired) electrons. The summed E-state index contributed by atoms with van der Waals surface area (Å²) in [5.74, 6) is 0.193. The fraction of sp³-hybridized carbons (Fsp3) is 0.933. The van der Waals surface area contributed by atoms with Crippen LogP contribution in [0.2, 0.25) is 0 Å². The monoisotopic (exact) mass is 508 g/mol. The average Bonchev–Trinajstić information content (AvgIpc) is 2.83. The van der Waals surface area contributed by atoms with Gasteiger partial charge in [-0.3, -0.25) is 9.59 Å². The van der Waals surface area contributed by atoms with Crippen molar-refractivity contribution in [3.63, 3.8) is 0 Å². The lowest BCUT2D eigenvalue weighted by atomic mass is 9.70. The Bertz CT molecular complexity index is 697. The average molecular weight is 509 g/mol. The van der Waals surface area contributed by atoms with Gasteiger partial charge in [0.05, 0.1) is 0 Å². The minimum Gasteiger partial charge on any atom is -0.462 e. The molecule has 2 heterocycles. The summed E-state index contributed by atoms with van der Waals surface area (Å²) >= 11 is 0. The Morgan fingerprint density at radius 2 is 1.00 bits per heavy atom. The third-order valence-corrected chi connectivity index (χ3v) is 10.2. The Hall–Kier alpha value is -1.14. The van der Waals surface area contributed by atoms with Gasteiger partial charge in [0.2, 0.25) is 0 Å². The van der Waals surface area contributed by atoms with E-state index in [1.54, 1.807) is 0 Å². The van der Waals surface area contributed by atoms with Crippen molar-refractivity contribution in [3.8, 4) is 0 Å². The third kappa shape index (κ3) is 7.24. The number of esters is 2. The molecule has 8 unspecified atom stereocenters. The van der Waals surface area contributed by atoms with E-state index in [9.17, 15) is 9.59 Å². The molecular weight excluding hydrogens is 452 g/mol. The van der Waals surface area contributed by atoms with E-state index in [4.69, 9.17) is 9.47 Å². The van der Waals surface area contributed by atoms with Crippen molar-refractivity contribution in [3.05, 3.63) is 0 Å². The van der Waals surface area contributed by atoms with Crippen LogP contribution in [0.15, 0.2) is 0 Å². The Morgan fingerprint density at radius 1 is 0.667 bits per heavy atom. The number of carbonyl (C=O) groups is 2. The second-order valence-corrected chi connectivity index (χ2v) is 12.9. The number of nitrogens with one attached hydrogen (secondary N) is 2. The predicted octanol–water partition coefficient (Wildman–Crippen LogP) is 6.30. The first-order valence-corrected chi connectivity index (χ1v) is 14.7. The number of carbonyl (C=O) groups excluding carboxylic acids is 2. The fourth-order valence-electron chi connectivity index (χ4n) is 6.34. The van der Waals surface area contributed by atoms with E-state index in [1.807, 2.05) is 0 Å². The summed E-state index contributed by atoms with van der Waals surface area (Å²) in [6.07, 6.45) is 7.46. The zero-order chi connectivity index (χ0) is 27.4. The zero-order valence-corrected chi connectivity index (χ0v) is 25.0. The summed E-state index contributed by atoms with van der Waals surface area (Å²) in [6.45, 7) is 22.1. The lowest BCUT2D eigenvalue weighted by Crippen LogP contribution is -2.66. The maximum Gasteiger partial charge on any atom is 0.306 e. The molecule has 0 aromatic carbocycles. The van der Waals surface area contributed by atoms with Crippen molar-refractivity contribution in [2.75, 3.05) is 0 Å². The van der Waals surface area contributed by atoms with Crippen molar-refractivity contribution in [1.29, 1.82) is 0 Å². The second kappa shape index (κ2) is 12.1. The fourth-order valence-corrected chi connectivity index (χ4v) is 6.34. The summed E-state index contributed by atoms with van der Waals surface area (Å²) in [4.78, 5) is 25.4. The van der Waals surface area contributed by atoms with Crippen LogP contribution < -0.4 is 10.6 Å². The molecule has 0 amide bonds. The number of rotatable bonds is 11. The van der Waals surface area contributed by atoms with Crippen molar-refractivity contribution >= 4 is 11.9 Å². The summed E-state index contributed by atoms with van der Waals surface area (Å²) in [5.41, 5.74) is -0.157. The van der Waals surface area contributed by atoms with Crippen molar-refractivity contribution in [1.82, 2.24) is 10.6 Å². The van der Waals surface area contributed by atoms with Gasteiger partial charge in [0, 0.05) is 59.7 Å². The summed E-state index contributed by atoms with van der Waals surface area (Å²) < 4.78 is 12.0. The first kappa shape index (κ1) is 31.1. The Labute approximate surface area is 221 Å². The van der Waals surface area contributed by atoms with Crippen LogP contribution in [0.25, 0.3) is 0 Å². The number of piperidine rings is 2. The molecule has 2 aliphatic rings. The highest BCUT2D eigenvalue weighted by Crippen LogP contribution is 2.40. The van der Waals surface area contributed by atoms with Gasteiger partial charge in [0.25, 0.3) is 0 Å². The molecule has 0 aromatic rings. The number of unbranched alkanes of at least 4 members (excludes halogenated alkanes) is 1.